The van der Waals surface area contributed by atoms with E-state index in [1.807, 2.05) is 18.2 Å². The Labute approximate surface area is 108 Å². The molecule has 0 radical (unpaired) electrons. The van der Waals surface area contributed by atoms with Crippen LogP contribution in [-0.2, 0) is 0 Å². The van der Waals surface area contributed by atoms with Crippen LogP contribution in [0.3, 0.4) is 0 Å². The average molecular weight is 247 g/mol. The number of carbonyl (C=O) groups is 1. The van der Waals surface area contributed by atoms with Gasteiger partial charge in [-0.3, -0.25) is 4.90 Å². The first-order valence-corrected chi connectivity index (χ1v) is 6.46. The van der Waals surface area contributed by atoms with E-state index in [9.17, 15) is 4.79 Å². The van der Waals surface area contributed by atoms with Crippen molar-refractivity contribution in [2.45, 2.75) is 38.6 Å². The molecular weight excluding hydrogens is 226 g/mol. The number of nitrogens with zero attached hydrogens (tertiary/aromatic N) is 1. The molecule has 1 fully saturated rings. The number of hydrogen-bond donors (Lipinski definition) is 1. The largest absolute Gasteiger partial charge is 0.478 e. The van der Waals surface area contributed by atoms with Crippen LogP contribution in [0.2, 0.25) is 0 Å². The summed E-state index contributed by atoms with van der Waals surface area (Å²) in [5.41, 5.74) is 1.74. The predicted molar refractivity (Wildman–Crippen MR) is 72.1 cm³/mol. The molecule has 1 N–H and O–H groups in total. The summed E-state index contributed by atoms with van der Waals surface area (Å²) in [4.78, 5) is 13.4. The Hall–Kier alpha value is -1.35. The van der Waals surface area contributed by atoms with Crippen molar-refractivity contribution in [1.82, 2.24) is 4.90 Å². The van der Waals surface area contributed by atoms with Gasteiger partial charge in [0.25, 0.3) is 0 Å². The van der Waals surface area contributed by atoms with Crippen molar-refractivity contribution in [3.63, 3.8) is 0 Å². The third-order valence-corrected chi connectivity index (χ3v) is 3.74. The fraction of sp³-hybridized carbons (Fsp3) is 0.533. The molecule has 2 rings (SSSR count). The zero-order chi connectivity index (χ0) is 13.3. The second kappa shape index (κ2) is 4.73. The second-order valence-electron chi connectivity index (χ2n) is 6.03. The van der Waals surface area contributed by atoms with Crippen molar-refractivity contribution >= 4 is 5.97 Å². The Morgan fingerprint density at radius 3 is 2.67 bits per heavy atom. The minimum atomic E-state index is -0.845. The Balaban J connectivity index is 2.14. The molecule has 1 unspecified atom stereocenters. The molecule has 1 aromatic rings. The molecule has 0 amide bonds. The predicted octanol–water partition coefficient (Wildman–Crippen LogP) is 2.97. The molecule has 1 saturated heterocycles. The SMILES string of the molecule is CC(C)(C)N1CCC(c2cccc(C(=O)O)c2)C1. The van der Waals surface area contributed by atoms with Crippen LogP contribution in [0, 0.1) is 0 Å². The van der Waals surface area contributed by atoms with Crippen molar-refractivity contribution in [3.8, 4) is 0 Å². The Kier molecular flexibility index (Phi) is 3.44. The Morgan fingerprint density at radius 2 is 2.11 bits per heavy atom. The van der Waals surface area contributed by atoms with Gasteiger partial charge in [0.2, 0.25) is 0 Å². The van der Waals surface area contributed by atoms with Crippen molar-refractivity contribution < 1.29 is 9.90 Å². The summed E-state index contributed by atoms with van der Waals surface area (Å²) < 4.78 is 0. The summed E-state index contributed by atoms with van der Waals surface area (Å²) in [6.07, 6.45) is 1.11. The number of carboxylic acid groups (broad SMARTS) is 1. The lowest BCUT2D eigenvalue weighted by Crippen LogP contribution is -2.39. The number of benzene rings is 1. The molecule has 1 atom stereocenters. The van der Waals surface area contributed by atoms with Crippen molar-refractivity contribution in [3.05, 3.63) is 35.4 Å². The highest BCUT2D eigenvalue weighted by Gasteiger charge is 2.30. The van der Waals surface area contributed by atoms with Crippen LogP contribution in [0.1, 0.15) is 49.0 Å². The lowest BCUT2D eigenvalue weighted by Gasteiger charge is -2.31. The van der Waals surface area contributed by atoms with Crippen LogP contribution in [0.5, 0.6) is 0 Å². The van der Waals surface area contributed by atoms with Crippen LogP contribution in [0.15, 0.2) is 24.3 Å². The first-order chi connectivity index (χ1) is 8.38. The van der Waals surface area contributed by atoms with Gasteiger partial charge in [0, 0.05) is 12.1 Å². The van der Waals surface area contributed by atoms with E-state index in [0.717, 1.165) is 25.1 Å². The van der Waals surface area contributed by atoms with Gasteiger partial charge in [0.05, 0.1) is 5.56 Å². The molecule has 1 aliphatic heterocycles. The summed E-state index contributed by atoms with van der Waals surface area (Å²) >= 11 is 0. The van der Waals surface area contributed by atoms with Gasteiger partial charge < -0.3 is 5.11 Å². The Morgan fingerprint density at radius 1 is 1.39 bits per heavy atom. The maximum absolute atomic E-state index is 11.0. The summed E-state index contributed by atoms with van der Waals surface area (Å²) in [5, 5.41) is 9.02. The number of likely N-dealkylation sites (tertiary alicyclic amines) is 1. The van der Waals surface area contributed by atoms with E-state index in [1.165, 1.54) is 0 Å². The molecule has 1 aromatic carbocycles. The standard InChI is InChI=1S/C15H21NO2/c1-15(2,3)16-8-7-13(10-16)11-5-4-6-12(9-11)14(17)18/h4-6,9,13H,7-8,10H2,1-3H3,(H,17,18). The van der Waals surface area contributed by atoms with Crippen molar-refractivity contribution in [2.75, 3.05) is 13.1 Å². The molecule has 0 aromatic heterocycles. The molecular formula is C15H21NO2. The first-order valence-electron chi connectivity index (χ1n) is 6.46. The molecule has 1 heterocycles. The molecule has 3 nitrogen and oxygen atoms in total. The van der Waals surface area contributed by atoms with Gasteiger partial charge in [0.15, 0.2) is 0 Å². The van der Waals surface area contributed by atoms with Gasteiger partial charge in [-0.15, -0.1) is 0 Å². The van der Waals surface area contributed by atoms with Crippen molar-refractivity contribution in [2.24, 2.45) is 0 Å². The van der Waals surface area contributed by atoms with Gasteiger partial charge in [0.1, 0.15) is 0 Å². The lowest BCUT2D eigenvalue weighted by atomic mass is 9.96. The molecule has 0 spiro atoms. The molecule has 18 heavy (non-hydrogen) atoms. The quantitative estimate of drug-likeness (QED) is 0.873. The maximum Gasteiger partial charge on any atom is 0.335 e. The smallest absolute Gasteiger partial charge is 0.335 e. The Bertz CT molecular complexity index is 448. The first kappa shape index (κ1) is 13.1. The summed E-state index contributed by atoms with van der Waals surface area (Å²) in [6.45, 7) is 8.78. The van der Waals surface area contributed by atoms with Gasteiger partial charge in [-0.1, -0.05) is 12.1 Å². The summed E-state index contributed by atoms with van der Waals surface area (Å²) in [5.74, 6) is -0.383. The van der Waals surface area contributed by atoms with E-state index in [-0.39, 0.29) is 5.54 Å². The summed E-state index contributed by atoms with van der Waals surface area (Å²) in [6, 6.07) is 7.36. The minimum Gasteiger partial charge on any atom is -0.478 e. The van der Waals surface area contributed by atoms with Gasteiger partial charge >= 0.3 is 5.97 Å². The van der Waals surface area contributed by atoms with E-state index in [4.69, 9.17) is 5.11 Å². The summed E-state index contributed by atoms with van der Waals surface area (Å²) in [7, 11) is 0. The number of rotatable bonds is 2. The molecule has 1 aliphatic rings. The highest BCUT2D eigenvalue weighted by molar-refractivity contribution is 5.87. The van der Waals surface area contributed by atoms with E-state index in [0.29, 0.717) is 11.5 Å². The maximum atomic E-state index is 11.0. The molecule has 0 saturated carbocycles. The molecule has 98 valence electrons. The third-order valence-electron chi connectivity index (χ3n) is 3.74. The number of aromatic carboxylic acids is 1. The number of hydrogen-bond acceptors (Lipinski definition) is 2. The zero-order valence-corrected chi connectivity index (χ0v) is 11.3. The van der Waals surface area contributed by atoms with E-state index in [2.05, 4.69) is 25.7 Å². The monoisotopic (exact) mass is 247 g/mol. The fourth-order valence-electron chi connectivity index (χ4n) is 2.57. The normalized spacial score (nSPS) is 21.2. The van der Waals surface area contributed by atoms with Crippen LogP contribution < -0.4 is 0 Å². The molecule has 0 aliphatic carbocycles. The molecule has 0 bridgehead atoms. The van der Waals surface area contributed by atoms with Crippen LogP contribution >= 0.6 is 0 Å². The highest BCUT2D eigenvalue weighted by Crippen LogP contribution is 2.31. The van der Waals surface area contributed by atoms with Gasteiger partial charge in [-0.25, -0.2) is 4.79 Å². The van der Waals surface area contributed by atoms with E-state index in [1.54, 1.807) is 6.07 Å². The number of carboxylic acids is 1. The van der Waals surface area contributed by atoms with Crippen LogP contribution in [-0.4, -0.2) is 34.6 Å². The van der Waals surface area contributed by atoms with Crippen molar-refractivity contribution in [1.29, 1.82) is 0 Å². The molecule has 3 heteroatoms. The van der Waals surface area contributed by atoms with E-state index >= 15 is 0 Å². The van der Waals surface area contributed by atoms with Gasteiger partial charge in [-0.2, -0.15) is 0 Å². The fourth-order valence-corrected chi connectivity index (χ4v) is 2.57. The van der Waals surface area contributed by atoms with Crippen LogP contribution in [0.25, 0.3) is 0 Å². The third kappa shape index (κ3) is 2.72. The van der Waals surface area contributed by atoms with Gasteiger partial charge in [-0.05, 0) is 57.4 Å². The van der Waals surface area contributed by atoms with E-state index < -0.39 is 5.97 Å². The zero-order valence-electron chi connectivity index (χ0n) is 11.3. The van der Waals surface area contributed by atoms with Crippen LogP contribution in [0.4, 0.5) is 0 Å². The highest BCUT2D eigenvalue weighted by atomic mass is 16.4. The topological polar surface area (TPSA) is 40.5 Å². The average Bonchev–Trinajstić information content (AvgIpc) is 2.78. The second-order valence-corrected chi connectivity index (χ2v) is 6.03. The minimum absolute atomic E-state index is 0.194. The lowest BCUT2D eigenvalue weighted by molar-refractivity contribution is 0.0696.